The number of hydrogen-bond donors (Lipinski definition) is 1. The van der Waals surface area contributed by atoms with Crippen LogP contribution in [-0.4, -0.2) is 61.5 Å². The number of likely N-dealkylation sites (tertiary alicyclic amines) is 1. The van der Waals surface area contributed by atoms with Crippen molar-refractivity contribution < 1.29 is 8.42 Å². The Labute approximate surface area is 102 Å². The molecule has 0 spiro atoms. The Bertz CT molecular complexity index is 457. The van der Waals surface area contributed by atoms with Crippen molar-refractivity contribution in [3.8, 4) is 0 Å². The number of rotatable bonds is 4. The zero-order chi connectivity index (χ0) is 12.5. The predicted octanol–water partition coefficient (Wildman–Crippen LogP) is -0.0181. The van der Waals surface area contributed by atoms with E-state index in [1.807, 2.05) is 0 Å². The van der Waals surface area contributed by atoms with Crippen molar-refractivity contribution >= 4 is 10.0 Å². The fourth-order valence-electron chi connectivity index (χ4n) is 2.20. The maximum atomic E-state index is 12.1. The van der Waals surface area contributed by atoms with E-state index in [1.165, 1.54) is 16.7 Å². The largest absolute Gasteiger partial charge is 0.306 e. The van der Waals surface area contributed by atoms with Gasteiger partial charge in [-0.25, -0.2) is 12.7 Å². The van der Waals surface area contributed by atoms with E-state index in [4.69, 9.17) is 0 Å². The van der Waals surface area contributed by atoms with Crippen LogP contribution in [0.4, 0.5) is 0 Å². The van der Waals surface area contributed by atoms with Crippen LogP contribution in [-0.2, 0) is 10.0 Å². The fourth-order valence-corrected chi connectivity index (χ4v) is 3.35. The molecule has 1 atom stereocenters. The van der Waals surface area contributed by atoms with Gasteiger partial charge in [-0.1, -0.05) is 0 Å². The Morgan fingerprint density at radius 2 is 2.41 bits per heavy atom. The van der Waals surface area contributed by atoms with Gasteiger partial charge in [-0.3, -0.25) is 5.10 Å². The summed E-state index contributed by atoms with van der Waals surface area (Å²) >= 11 is 0. The normalized spacial score (nSPS) is 22.4. The molecule has 2 rings (SSSR count). The van der Waals surface area contributed by atoms with Crippen molar-refractivity contribution in [2.75, 3.05) is 33.7 Å². The van der Waals surface area contributed by atoms with Gasteiger partial charge < -0.3 is 4.90 Å². The molecule has 0 saturated carbocycles. The molecule has 0 aliphatic carbocycles. The molecule has 0 aromatic carbocycles. The summed E-state index contributed by atoms with van der Waals surface area (Å²) < 4.78 is 25.6. The highest BCUT2D eigenvalue weighted by atomic mass is 32.2. The van der Waals surface area contributed by atoms with E-state index in [0.717, 1.165) is 19.5 Å². The molecule has 2 heterocycles. The molecule has 17 heavy (non-hydrogen) atoms. The first-order valence-electron chi connectivity index (χ1n) is 5.64. The molecule has 1 aromatic rings. The van der Waals surface area contributed by atoms with Crippen LogP contribution in [0.15, 0.2) is 17.3 Å². The third-order valence-corrected chi connectivity index (χ3v) is 4.97. The number of nitrogens with one attached hydrogen (secondary N) is 1. The van der Waals surface area contributed by atoms with Crippen molar-refractivity contribution in [1.29, 1.82) is 0 Å². The van der Waals surface area contributed by atoms with Gasteiger partial charge in [0.2, 0.25) is 10.0 Å². The number of aromatic nitrogens is 2. The summed E-state index contributed by atoms with van der Waals surface area (Å²) in [6, 6.07) is 0. The summed E-state index contributed by atoms with van der Waals surface area (Å²) in [4.78, 5) is 2.45. The fraction of sp³-hybridized carbons (Fsp3) is 0.700. The predicted molar refractivity (Wildman–Crippen MR) is 64.0 cm³/mol. The molecule has 6 nitrogen and oxygen atoms in total. The van der Waals surface area contributed by atoms with Gasteiger partial charge in [-0.2, -0.15) is 5.10 Å². The van der Waals surface area contributed by atoms with Crippen LogP contribution in [0.3, 0.4) is 0 Å². The van der Waals surface area contributed by atoms with Crippen LogP contribution >= 0.6 is 0 Å². The molecular weight excluding hydrogens is 240 g/mol. The minimum Gasteiger partial charge on any atom is -0.306 e. The highest BCUT2D eigenvalue weighted by Gasteiger charge is 2.27. The standard InChI is InChI=1S/C10H18N4O2S/c1-13-4-3-9(7-13)8-14(2)17(15,16)10-5-11-12-6-10/h5-6,9H,3-4,7-8H2,1-2H3,(H,11,12). The van der Waals surface area contributed by atoms with Crippen molar-refractivity contribution in [3.05, 3.63) is 12.4 Å². The van der Waals surface area contributed by atoms with Gasteiger partial charge in [0.25, 0.3) is 0 Å². The highest BCUT2D eigenvalue weighted by Crippen LogP contribution is 2.19. The van der Waals surface area contributed by atoms with E-state index in [2.05, 4.69) is 22.1 Å². The molecule has 1 unspecified atom stereocenters. The Morgan fingerprint density at radius 1 is 1.65 bits per heavy atom. The Hall–Kier alpha value is -0.920. The topological polar surface area (TPSA) is 69.3 Å². The summed E-state index contributed by atoms with van der Waals surface area (Å²) in [7, 11) is 0.306. The molecule has 7 heteroatoms. The first kappa shape index (κ1) is 12.5. The van der Waals surface area contributed by atoms with Gasteiger partial charge in [-0.05, 0) is 25.9 Å². The van der Waals surface area contributed by atoms with E-state index in [0.29, 0.717) is 12.5 Å². The Balaban J connectivity index is 2.03. The maximum absolute atomic E-state index is 12.1. The lowest BCUT2D eigenvalue weighted by Crippen LogP contribution is -2.32. The summed E-state index contributed by atoms with van der Waals surface area (Å²) in [5, 5.41) is 6.20. The molecule has 0 bridgehead atoms. The molecule has 0 radical (unpaired) electrons. The molecular formula is C10H18N4O2S. The quantitative estimate of drug-likeness (QED) is 0.824. The van der Waals surface area contributed by atoms with Crippen molar-refractivity contribution in [2.24, 2.45) is 5.92 Å². The summed E-state index contributed by atoms with van der Waals surface area (Å²) in [5.74, 6) is 0.423. The van der Waals surface area contributed by atoms with Gasteiger partial charge in [0.1, 0.15) is 4.90 Å². The molecule has 96 valence electrons. The summed E-state index contributed by atoms with van der Waals surface area (Å²) in [6.45, 7) is 2.58. The van der Waals surface area contributed by atoms with E-state index in [1.54, 1.807) is 7.05 Å². The van der Waals surface area contributed by atoms with Gasteiger partial charge in [0, 0.05) is 26.3 Å². The van der Waals surface area contributed by atoms with Crippen LogP contribution in [0.1, 0.15) is 6.42 Å². The number of aromatic amines is 1. The van der Waals surface area contributed by atoms with E-state index < -0.39 is 10.0 Å². The number of H-pyrrole nitrogens is 1. The SMILES string of the molecule is CN1CCC(CN(C)S(=O)(=O)c2cn[nH]c2)C1. The minimum atomic E-state index is -3.38. The van der Waals surface area contributed by atoms with E-state index in [-0.39, 0.29) is 4.90 Å². The van der Waals surface area contributed by atoms with E-state index >= 15 is 0 Å². The lowest BCUT2D eigenvalue weighted by molar-refractivity contribution is 0.357. The molecule has 1 aliphatic heterocycles. The van der Waals surface area contributed by atoms with Crippen LogP contribution in [0.2, 0.25) is 0 Å². The zero-order valence-electron chi connectivity index (χ0n) is 10.1. The smallest absolute Gasteiger partial charge is 0.245 e. The van der Waals surface area contributed by atoms with E-state index in [9.17, 15) is 8.42 Å². The van der Waals surface area contributed by atoms with Gasteiger partial charge >= 0.3 is 0 Å². The molecule has 0 amide bonds. The minimum absolute atomic E-state index is 0.228. The first-order chi connectivity index (χ1) is 8.00. The number of hydrogen-bond acceptors (Lipinski definition) is 4. The summed E-state index contributed by atoms with van der Waals surface area (Å²) in [6.07, 6.45) is 3.81. The lowest BCUT2D eigenvalue weighted by atomic mass is 10.1. The van der Waals surface area contributed by atoms with Crippen LogP contribution in [0, 0.1) is 5.92 Å². The molecule has 1 fully saturated rings. The Kier molecular flexibility index (Phi) is 3.50. The van der Waals surface area contributed by atoms with Gasteiger partial charge in [0.15, 0.2) is 0 Å². The average molecular weight is 258 g/mol. The van der Waals surface area contributed by atoms with Crippen LogP contribution in [0.25, 0.3) is 0 Å². The molecule has 1 aromatic heterocycles. The van der Waals surface area contributed by atoms with Gasteiger partial charge in [0.05, 0.1) is 6.20 Å². The van der Waals surface area contributed by atoms with Crippen molar-refractivity contribution in [1.82, 2.24) is 19.4 Å². The maximum Gasteiger partial charge on any atom is 0.245 e. The van der Waals surface area contributed by atoms with Crippen LogP contribution < -0.4 is 0 Å². The molecule has 1 saturated heterocycles. The van der Waals surface area contributed by atoms with Crippen molar-refractivity contribution in [3.63, 3.8) is 0 Å². The average Bonchev–Trinajstić information content (AvgIpc) is 2.89. The zero-order valence-corrected chi connectivity index (χ0v) is 10.9. The lowest BCUT2D eigenvalue weighted by Gasteiger charge is -2.19. The van der Waals surface area contributed by atoms with Gasteiger partial charge in [-0.15, -0.1) is 0 Å². The molecule has 1 aliphatic rings. The first-order valence-corrected chi connectivity index (χ1v) is 7.08. The second-order valence-corrected chi connectivity index (χ2v) is 6.68. The second-order valence-electron chi connectivity index (χ2n) is 4.64. The summed E-state index contributed by atoms with van der Waals surface area (Å²) in [5.41, 5.74) is 0. The number of sulfonamides is 1. The Morgan fingerprint density at radius 3 is 2.94 bits per heavy atom. The van der Waals surface area contributed by atoms with Crippen molar-refractivity contribution in [2.45, 2.75) is 11.3 Å². The third-order valence-electron chi connectivity index (χ3n) is 3.19. The van der Waals surface area contributed by atoms with Crippen LogP contribution in [0.5, 0.6) is 0 Å². The monoisotopic (exact) mass is 258 g/mol. The number of nitrogens with zero attached hydrogens (tertiary/aromatic N) is 3. The highest BCUT2D eigenvalue weighted by molar-refractivity contribution is 7.89. The second kappa shape index (κ2) is 4.75. The third kappa shape index (κ3) is 2.67. The molecule has 1 N–H and O–H groups in total.